The fourth-order valence-corrected chi connectivity index (χ4v) is 4.77. The highest BCUT2D eigenvalue weighted by atomic mass is 16.5. The van der Waals surface area contributed by atoms with Gasteiger partial charge in [0.05, 0.1) is 34.5 Å². The maximum Gasteiger partial charge on any atom is 0.303 e. The Bertz CT molecular complexity index is 1270. The third-order valence-corrected chi connectivity index (χ3v) is 6.49. The van der Waals surface area contributed by atoms with E-state index < -0.39 is 18.1 Å². The predicted molar refractivity (Wildman–Crippen MR) is 137 cm³/mol. The lowest BCUT2D eigenvalue weighted by Gasteiger charge is -2.39. The topological polar surface area (TPSA) is 83.5 Å². The van der Waals surface area contributed by atoms with Crippen molar-refractivity contribution in [2.45, 2.75) is 25.5 Å². The molecule has 0 aliphatic carbocycles. The second-order valence-electron chi connectivity index (χ2n) is 8.60. The number of methoxy groups -OCH3 is 4. The number of fused-ring (bicyclic) bond motifs is 1. The molecule has 37 heavy (non-hydrogen) atoms. The lowest BCUT2D eigenvalue weighted by molar-refractivity contribution is -0.160. The standard InChI is InChI=1S/C29H31NO7/c1-18(31)37-28(19-9-7-6-8-10-19)29(32)30-14-13-20-15-25(35-4)26(36-5)17-22(20)27(30)21-11-12-23(33-2)24(16-21)34-3/h6-12,15-17,27-28H,13-14H2,1-5H3. The zero-order valence-corrected chi connectivity index (χ0v) is 21.6. The average molecular weight is 506 g/mol. The molecule has 0 saturated heterocycles. The summed E-state index contributed by atoms with van der Waals surface area (Å²) in [6.07, 6.45) is -0.490. The van der Waals surface area contributed by atoms with Gasteiger partial charge in [0.25, 0.3) is 5.91 Å². The summed E-state index contributed by atoms with van der Waals surface area (Å²) in [6, 6.07) is 18.0. The normalized spacial score (nSPS) is 15.3. The van der Waals surface area contributed by atoms with Gasteiger partial charge in [-0.1, -0.05) is 36.4 Å². The molecular formula is C29H31NO7. The monoisotopic (exact) mass is 505 g/mol. The number of nitrogens with zero attached hydrogens (tertiary/aromatic N) is 1. The van der Waals surface area contributed by atoms with Crippen molar-refractivity contribution in [1.82, 2.24) is 4.90 Å². The van der Waals surface area contributed by atoms with Gasteiger partial charge in [-0.2, -0.15) is 0 Å². The molecule has 0 saturated carbocycles. The molecule has 1 heterocycles. The van der Waals surface area contributed by atoms with Gasteiger partial charge < -0.3 is 28.6 Å². The van der Waals surface area contributed by atoms with Crippen molar-refractivity contribution in [3.8, 4) is 23.0 Å². The quantitative estimate of drug-likeness (QED) is 0.417. The molecule has 194 valence electrons. The first kappa shape index (κ1) is 25.9. The van der Waals surface area contributed by atoms with E-state index >= 15 is 0 Å². The summed E-state index contributed by atoms with van der Waals surface area (Å²) in [5.41, 5.74) is 3.34. The van der Waals surface area contributed by atoms with Crippen molar-refractivity contribution in [3.63, 3.8) is 0 Å². The van der Waals surface area contributed by atoms with E-state index in [0.717, 1.165) is 16.7 Å². The van der Waals surface area contributed by atoms with Crippen LogP contribution in [0.15, 0.2) is 60.7 Å². The number of hydrogen-bond acceptors (Lipinski definition) is 7. The van der Waals surface area contributed by atoms with E-state index in [2.05, 4.69) is 0 Å². The van der Waals surface area contributed by atoms with E-state index in [-0.39, 0.29) is 5.91 Å². The Labute approximate surface area is 216 Å². The van der Waals surface area contributed by atoms with Crippen LogP contribution >= 0.6 is 0 Å². The zero-order valence-electron chi connectivity index (χ0n) is 21.6. The number of carbonyl (C=O) groups is 2. The Morgan fingerprint density at radius 2 is 1.43 bits per heavy atom. The maximum atomic E-state index is 14.1. The molecule has 0 bridgehead atoms. The number of esters is 1. The fourth-order valence-electron chi connectivity index (χ4n) is 4.77. The minimum Gasteiger partial charge on any atom is -0.493 e. The lowest BCUT2D eigenvalue weighted by Crippen LogP contribution is -2.44. The molecule has 3 aromatic rings. The van der Waals surface area contributed by atoms with E-state index in [0.29, 0.717) is 41.5 Å². The molecule has 3 aromatic carbocycles. The van der Waals surface area contributed by atoms with E-state index in [1.807, 2.05) is 48.5 Å². The molecule has 0 aromatic heterocycles. The first-order valence-electron chi connectivity index (χ1n) is 11.9. The van der Waals surface area contributed by atoms with Gasteiger partial charge in [0.1, 0.15) is 0 Å². The molecule has 2 unspecified atom stereocenters. The van der Waals surface area contributed by atoms with Gasteiger partial charge in [-0.15, -0.1) is 0 Å². The summed E-state index contributed by atoms with van der Waals surface area (Å²) in [5, 5.41) is 0. The largest absolute Gasteiger partial charge is 0.493 e. The van der Waals surface area contributed by atoms with E-state index in [4.69, 9.17) is 23.7 Å². The van der Waals surface area contributed by atoms with Crippen molar-refractivity contribution in [2.75, 3.05) is 35.0 Å². The van der Waals surface area contributed by atoms with Gasteiger partial charge in [-0.3, -0.25) is 9.59 Å². The molecule has 8 heteroatoms. The van der Waals surface area contributed by atoms with Crippen LogP contribution in [-0.4, -0.2) is 51.8 Å². The summed E-state index contributed by atoms with van der Waals surface area (Å²) in [4.78, 5) is 27.9. The lowest BCUT2D eigenvalue weighted by atomic mass is 9.86. The van der Waals surface area contributed by atoms with Crippen molar-refractivity contribution in [2.24, 2.45) is 0 Å². The van der Waals surface area contributed by atoms with Gasteiger partial charge >= 0.3 is 5.97 Å². The van der Waals surface area contributed by atoms with Gasteiger partial charge in [0, 0.05) is 19.0 Å². The number of ether oxygens (including phenoxy) is 5. The van der Waals surface area contributed by atoms with Crippen LogP contribution in [0, 0.1) is 0 Å². The summed E-state index contributed by atoms with van der Waals surface area (Å²) in [7, 11) is 6.31. The second-order valence-corrected chi connectivity index (χ2v) is 8.60. The van der Waals surface area contributed by atoms with Crippen molar-refractivity contribution in [3.05, 3.63) is 82.9 Å². The van der Waals surface area contributed by atoms with Gasteiger partial charge in [-0.05, 0) is 47.4 Å². The first-order valence-corrected chi connectivity index (χ1v) is 11.9. The minimum atomic E-state index is -1.08. The highest BCUT2D eigenvalue weighted by molar-refractivity contribution is 5.86. The average Bonchev–Trinajstić information content (AvgIpc) is 2.94. The molecule has 0 radical (unpaired) electrons. The molecule has 1 amide bonds. The van der Waals surface area contributed by atoms with Crippen molar-refractivity contribution >= 4 is 11.9 Å². The van der Waals surface area contributed by atoms with Gasteiger partial charge in [-0.25, -0.2) is 0 Å². The molecule has 0 N–H and O–H groups in total. The Morgan fingerprint density at radius 1 is 0.811 bits per heavy atom. The summed E-state index contributed by atoms with van der Waals surface area (Å²) in [6.45, 7) is 1.71. The zero-order chi connectivity index (χ0) is 26.5. The first-order chi connectivity index (χ1) is 17.9. The Kier molecular flexibility index (Phi) is 7.86. The number of hydrogen-bond donors (Lipinski definition) is 0. The number of amides is 1. The third-order valence-electron chi connectivity index (χ3n) is 6.49. The molecule has 4 rings (SSSR count). The highest BCUT2D eigenvalue weighted by Crippen LogP contribution is 2.43. The molecular weight excluding hydrogens is 474 g/mol. The minimum absolute atomic E-state index is 0.318. The van der Waals surface area contributed by atoms with E-state index in [1.54, 1.807) is 45.5 Å². The van der Waals surface area contributed by atoms with Crippen LogP contribution in [0.1, 0.15) is 41.3 Å². The Balaban J connectivity index is 1.87. The van der Waals surface area contributed by atoms with Crippen LogP contribution in [0.4, 0.5) is 0 Å². The smallest absolute Gasteiger partial charge is 0.303 e. The highest BCUT2D eigenvalue weighted by Gasteiger charge is 2.38. The molecule has 1 aliphatic rings. The van der Waals surface area contributed by atoms with Crippen LogP contribution in [0.25, 0.3) is 0 Å². The SMILES string of the molecule is COc1ccc(C2c3cc(OC)c(OC)cc3CCN2C(=O)C(OC(C)=O)c2ccccc2)cc1OC. The predicted octanol–water partition coefficient (Wildman–Crippen LogP) is 4.50. The van der Waals surface area contributed by atoms with Crippen molar-refractivity contribution < 1.29 is 33.3 Å². The summed E-state index contributed by atoms with van der Waals surface area (Å²) < 4.78 is 27.7. The van der Waals surface area contributed by atoms with Crippen molar-refractivity contribution in [1.29, 1.82) is 0 Å². The molecule has 0 fully saturated rings. The molecule has 1 aliphatic heterocycles. The van der Waals surface area contributed by atoms with Gasteiger partial charge in [0.2, 0.25) is 6.10 Å². The maximum absolute atomic E-state index is 14.1. The summed E-state index contributed by atoms with van der Waals surface area (Å²) >= 11 is 0. The number of rotatable bonds is 8. The second kappa shape index (κ2) is 11.2. The number of benzene rings is 3. The third kappa shape index (κ3) is 5.18. The van der Waals surface area contributed by atoms with Crippen LogP contribution < -0.4 is 18.9 Å². The Morgan fingerprint density at radius 3 is 2.05 bits per heavy atom. The number of carbonyl (C=O) groups excluding carboxylic acids is 2. The van der Waals surface area contributed by atoms with Crippen LogP contribution in [0.5, 0.6) is 23.0 Å². The van der Waals surface area contributed by atoms with E-state index in [9.17, 15) is 9.59 Å². The van der Waals surface area contributed by atoms with Gasteiger partial charge in [0.15, 0.2) is 23.0 Å². The fraction of sp³-hybridized carbons (Fsp3) is 0.310. The van der Waals surface area contributed by atoms with Crippen LogP contribution in [-0.2, 0) is 20.7 Å². The Hall–Kier alpha value is -4.20. The molecule has 0 spiro atoms. The van der Waals surface area contributed by atoms with E-state index in [1.165, 1.54) is 6.92 Å². The van der Waals surface area contributed by atoms with Crippen LogP contribution in [0.2, 0.25) is 0 Å². The summed E-state index contributed by atoms with van der Waals surface area (Å²) in [5.74, 6) is 1.44. The molecule has 8 nitrogen and oxygen atoms in total. The van der Waals surface area contributed by atoms with Crippen LogP contribution in [0.3, 0.4) is 0 Å². The molecule has 2 atom stereocenters.